The molecule has 4 nitrogen and oxygen atoms in total. The third-order valence-corrected chi connectivity index (χ3v) is 2.44. The first-order valence-electron chi connectivity index (χ1n) is 5.19. The first kappa shape index (κ1) is 12.5. The summed E-state index contributed by atoms with van der Waals surface area (Å²) in [5.74, 6) is 6.09. The highest BCUT2D eigenvalue weighted by Gasteiger charge is 2.08. The number of aryl methyl sites for hydroxylation is 2. The number of nitrogens with two attached hydrogens (primary N) is 1. The molecule has 0 saturated carbocycles. The van der Waals surface area contributed by atoms with Crippen LogP contribution in [0.25, 0.3) is 0 Å². The minimum absolute atomic E-state index is 0.0800. The largest absolute Gasteiger partial charge is 0.496 e. The Morgan fingerprint density at radius 3 is 2.75 bits per heavy atom. The maximum Gasteiger partial charge on any atom is 0.236 e. The van der Waals surface area contributed by atoms with Gasteiger partial charge in [0.25, 0.3) is 0 Å². The van der Waals surface area contributed by atoms with E-state index in [0.717, 1.165) is 21.9 Å². The summed E-state index contributed by atoms with van der Waals surface area (Å²) < 4.78 is 5.24. The lowest BCUT2D eigenvalue weighted by Gasteiger charge is -2.12. The van der Waals surface area contributed by atoms with Gasteiger partial charge in [-0.15, -0.1) is 0 Å². The summed E-state index contributed by atoms with van der Waals surface area (Å²) in [7, 11) is 3.18. The molecule has 0 spiro atoms. The van der Waals surface area contributed by atoms with Gasteiger partial charge in [0, 0.05) is 13.5 Å². The highest BCUT2D eigenvalue weighted by molar-refractivity contribution is 5.75. The van der Waals surface area contributed by atoms with Gasteiger partial charge in [-0.05, 0) is 25.0 Å². The number of rotatable bonds is 4. The van der Waals surface area contributed by atoms with Gasteiger partial charge in [-0.1, -0.05) is 17.7 Å². The average molecular weight is 222 g/mol. The van der Waals surface area contributed by atoms with Gasteiger partial charge < -0.3 is 4.74 Å². The van der Waals surface area contributed by atoms with Crippen LogP contribution in [0.5, 0.6) is 5.75 Å². The first-order valence-corrected chi connectivity index (χ1v) is 5.19. The normalized spacial score (nSPS) is 10.0. The second-order valence-corrected chi connectivity index (χ2v) is 3.82. The highest BCUT2D eigenvalue weighted by Crippen LogP contribution is 2.21. The molecule has 2 N–H and O–H groups in total. The van der Waals surface area contributed by atoms with E-state index >= 15 is 0 Å². The molecule has 1 aromatic carbocycles. The summed E-state index contributed by atoms with van der Waals surface area (Å²) in [4.78, 5) is 11.4. The number of nitrogens with zero attached hydrogens (tertiary/aromatic N) is 1. The van der Waals surface area contributed by atoms with Crippen molar-refractivity contribution in [1.29, 1.82) is 0 Å². The molecule has 1 rings (SSSR count). The molecular weight excluding hydrogens is 204 g/mol. The molecule has 4 heteroatoms. The van der Waals surface area contributed by atoms with Gasteiger partial charge in [-0.2, -0.15) is 0 Å². The predicted octanol–water partition coefficient (Wildman–Crippen LogP) is 1.27. The van der Waals surface area contributed by atoms with Crippen molar-refractivity contribution in [2.24, 2.45) is 5.84 Å². The number of hydrogen-bond donors (Lipinski definition) is 1. The number of benzene rings is 1. The maximum atomic E-state index is 11.4. The molecule has 0 aromatic heterocycles. The van der Waals surface area contributed by atoms with E-state index in [0.29, 0.717) is 12.8 Å². The molecule has 0 radical (unpaired) electrons. The van der Waals surface area contributed by atoms with Crippen molar-refractivity contribution in [2.45, 2.75) is 19.8 Å². The van der Waals surface area contributed by atoms with Gasteiger partial charge in [0.05, 0.1) is 7.11 Å². The summed E-state index contributed by atoms with van der Waals surface area (Å²) in [6.45, 7) is 2.01. The van der Waals surface area contributed by atoms with Crippen molar-refractivity contribution >= 4 is 5.91 Å². The number of amides is 1. The van der Waals surface area contributed by atoms with Gasteiger partial charge in [0.15, 0.2) is 0 Å². The molecule has 16 heavy (non-hydrogen) atoms. The van der Waals surface area contributed by atoms with Crippen LogP contribution in [0.2, 0.25) is 0 Å². The fraction of sp³-hybridized carbons (Fsp3) is 0.417. The van der Waals surface area contributed by atoms with E-state index in [2.05, 4.69) is 0 Å². The molecule has 0 aliphatic rings. The topological polar surface area (TPSA) is 55.6 Å². The molecule has 0 unspecified atom stereocenters. The maximum absolute atomic E-state index is 11.4. The Kier molecular flexibility index (Phi) is 4.31. The molecule has 1 amide bonds. The Hall–Kier alpha value is -1.55. The number of hydrazine groups is 1. The Bertz CT molecular complexity index is 375. The van der Waals surface area contributed by atoms with E-state index in [4.69, 9.17) is 10.6 Å². The summed E-state index contributed by atoms with van der Waals surface area (Å²) in [5.41, 5.74) is 2.20. The average Bonchev–Trinajstić information content (AvgIpc) is 2.25. The summed E-state index contributed by atoms with van der Waals surface area (Å²) in [6, 6.07) is 5.93. The molecule has 0 aliphatic heterocycles. The van der Waals surface area contributed by atoms with Gasteiger partial charge in [-0.3, -0.25) is 9.80 Å². The molecule has 0 aliphatic carbocycles. The summed E-state index contributed by atoms with van der Waals surface area (Å²) in [5, 5.41) is 1.11. The Labute approximate surface area is 96.0 Å². The Balaban J connectivity index is 2.72. The number of carbonyl (C=O) groups excluding carboxylic acids is 1. The molecule has 0 heterocycles. The SMILES string of the molecule is COc1ccc(C)cc1CCC(=O)N(C)N. The Morgan fingerprint density at radius 2 is 2.19 bits per heavy atom. The Morgan fingerprint density at radius 1 is 1.50 bits per heavy atom. The molecular formula is C12H18N2O2. The van der Waals surface area contributed by atoms with Crippen LogP contribution < -0.4 is 10.6 Å². The van der Waals surface area contributed by atoms with E-state index in [1.807, 2.05) is 25.1 Å². The van der Waals surface area contributed by atoms with Crippen LogP contribution in [0.1, 0.15) is 17.5 Å². The van der Waals surface area contributed by atoms with Gasteiger partial charge in [-0.25, -0.2) is 5.84 Å². The lowest BCUT2D eigenvalue weighted by Crippen LogP contribution is -2.33. The van der Waals surface area contributed by atoms with Crippen molar-refractivity contribution in [3.05, 3.63) is 29.3 Å². The van der Waals surface area contributed by atoms with E-state index in [9.17, 15) is 4.79 Å². The van der Waals surface area contributed by atoms with Crippen molar-refractivity contribution in [3.63, 3.8) is 0 Å². The van der Waals surface area contributed by atoms with E-state index < -0.39 is 0 Å². The lowest BCUT2D eigenvalue weighted by molar-refractivity contribution is -0.130. The third-order valence-electron chi connectivity index (χ3n) is 2.44. The third kappa shape index (κ3) is 3.24. The zero-order valence-electron chi connectivity index (χ0n) is 9.99. The van der Waals surface area contributed by atoms with Crippen LogP contribution in [-0.4, -0.2) is 25.1 Å². The minimum atomic E-state index is -0.0800. The minimum Gasteiger partial charge on any atom is -0.496 e. The molecule has 0 saturated heterocycles. The van der Waals surface area contributed by atoms with Crippen LogP contribution >= 0.6 is 0 Å². The fourth-order valence-corrected chi connectivity index (χ4v) is 1.52. The monoisotopic (exact) mass is 222 g/mol. The standard InChI is InChI=1S/C12H18N2O2/c1-9-4-6-11(16-3)10(8-9)5-7-12(15)14(2)13/h4,6,8H,5,7,13H2,1-3H3. The zero-order valence-corrected chi connectivity index (χ0v) is 9.99. The van der Waals surface area contributed by atoms with Crippen molar-refractivity contribution in [2.75, 3.05) is 14.2 Å². The molecule has 0 atom stereocenters. The quantitative estimate of drug-likeness (QED) is 0.474. The van der Waals surface area contributed by atoms with E-state index in [1.165, 1.54) is 0 Å². The van der Waals surface area contributed by atoms with E-state index in [1.54, 1.807) is 14.2 Å². The second-order valence-electron chi connectivity index (χ2n) is 3.82. The van der Waals surface area contributed by atoms with Crippen molar-refractivity contribution < 1.29 is 9.53 Å². The summed E-state index contributed by atoms with van der Waals surface area (Å²) in [6.07, 6.45) is 1.04. The van der Waals surface area contributed by atoms with Gasteiger partial charge in [0.1, 0.15) is 5.75 Å². The van der Waals surface area contributed by atoms with Crippen LogP contribution in [-0.2, 0) is 11.2 Å². The molecule has 0 bridgehead atoms. The van der Waals surface area contributed by atoms with Crippen LogP contribution in [0.3, 0.4) is 0 Å². The van der Waals surface area contributed by atoms with Gasteiger partial charge in [0.2, 0.25) is 5.91 Å². The lowest BCUT2D eigenvalue weighted by atomic mass is 10.1. The second kappa shape index (κ2) is 5.51. The first-order chi connectivity index (χ1) is 7.54. The van der Waals surface area contributed by atoms with Crippen LogP contribution in [0.15, 0.2) is 18.2 Å². The summed E-state index contributed by atoms with van der Waals surface area (Å²) >= 11 is 0. The molecule has 88 valence electrons. The fourth-order valence-electron chi connectivity index (χ4n) is 1.52. The number of carbonyl (C=O) groups is 1. The molecule has 0 fully saturated rings. The van der Waals surface area contributed by atoms with E-state index in [-0.39, 0.29) is 5.91 Å². The van der Waals surface area contributed by atoms with Gasteiger partial charge >= 0.3 is 0 Å². The zero-order chi connectivity index (χ0) is 12.1. The van der Waals surface area contributed by atoms with Crippen LogP contribution in [0, 0.1) is 6.92 Å². The number of ether oxygens (including phenoxy) is 1. The highest BCUT2D eigenvalue weighted by atomic mass is 16.5. The van der Waals surface area contributed by atoms with Crippen LogP contribution in [0.4, 0.5) is 0 Å². The van der Waals surface area contributed by atoms with Crippen molar-refractivity contribution in [1.82, 2.24) is 5.01 Å². The molecule has 1 aromatic rings. The predicted molar refractivity (Wildman–Crippen MR) is 63.0 cm³/mol. The van der Waals surface area contributed by atoms with Crippen molar-refractivity contribution in [3.8, 4) is 5.75 Å². The smallest absolute Gasteiger partial charge is 0.236 e. The number of methoxy groups -OCH3 is 1. The number of hydrogen-bond acceptors (Lipinski definition) is 3.